The van der Waals surface area contributed by atoms with Crippen molar-refractivity contribution in [2.45, 2.75) is 26.3 Å². The van der Waals surface area contributed by atoms with E-state index in [0.717, 1.165) is 30.0 Å². The molecule has 1 heterocycles. The first-order valence-corrected chi connectivity index (χ1v) is 8.79. The van der Waals surface area contributed by atoms with Crippen LogP contribution in [0.1, 0.15) is 28.3 Å². The molecule has 2 aromatic carbocycles. The molecule has 2 aromatic rings. The molecule has 0 bridgehead atoms. The van der Waals surface area contributed by atoms with E-state index in [9.17, 15) is 4.79 Å². The van der Waals surface area contributed by atoms with E-state index >= 15 is 0 Å². The van der Waals surface area contributed by atoms with Gasteiger partial charge in [-0.1, -0.05) is 42.0 Å². The average molecular weight is 375 g/mol. The summed E-state index contributed by atoms with van der Waals surface area (Å²) in [5.74, 6) is 1.01. The summed E-state index contributed by atoms with van der Waals surface area (Å²) >= 11 is 0. The van der Waals surface area contributed by atoms with Crippen molar-refractivity contribution < 1.29 is 9.53 Å². The number of carbonyl (C=O) groups excluding carboxylic acids is 1. The lowest BCUT2D eigenvalue weighted by Gasteiger charge is -2.37. The Balaban J connectivity index is 0.00000243. The van der Waals surface area contributed by atoms with Crippen molar-refractivity contribution in [1.82, 2.24) is 10.2 Å². The Morgan fingerprint density at radius 2 is 2.00 bits per heavy atom. The number of hydrogen-bond acceptors (Lipinski definition) is 3. The van der Waals surface area contributed by atoms with Gasteiger partial charge >= 0.3 is 0 Å². The summed E-state index contributed by atoms with van der Waals surface area (Å²) in [4.78, 5) is 15.1. The maximum Gasteiger partial charge on any atom is 0.227 e. The lowest BCUT2D eigenvalue weighted by molar-refractivity contribution is -0.133. The lowest BCUT2D eigenvalue weighted by Crippen LogP contribution is -2.49. The Kier molecular flexibility index (Phi) is 7.06. The summed E-state index contributed by atoms with van der Waals surface area (Å²) in [6.07, 6.45) is 0.444. The fourth-order valence-corrected chi connectivity index (χ4v) is 3.48. The molecule has 0 radical (unpaired) electrons. The van der Waals surface area contributed by atoms with Crippen molar-refractivity contribution in [1.29, 1.82) is 0 Å². The first-order valence-electron chi connectivity index (χ1n) is 8.79. The predicted octanol–water partition coefficient (Wildman–Crippen LogP) is 3.45. The summed E-state index contributed by atoms with van der Waals surface area (Å²) in [6.45, 7) is 6.42. The van der Waals surface area contributed by atoms with Crippen molar-refractivity contribution in [2.75, 3.05) is 26.7 Å². The van der Waals surface area contributed by atoms with Crippen LogP contribution >= 0.6 is 12.4 Å². The third-order valence-corrected chi connectivity index (χ3v) is 4.91. The SMILES string of the molecule is COc1ccccc1C1CNCCN1C(=O)Cc1cc(C)ccc1C.Cl. The van der Waals surface area contributed by atoms with Gasteiger partial charge in [-0.2, -0.15) is 0 Å². The Labute approximate surface area is 162 Å². The van der Waals surface area contributed by atoms with E-state index in [1.165, 1.54) is 11.1 Å². The average Bonchev–Trinajstić information content (AvgIpc) is 2.64. The van der Waals surface area contributed by atoms with Gasteiger partial charge in [0.1, 0.15) is 5.75 Å². The van der Waals surface area contributed by atoms with Crippen molar-refractivity contribution in [3.63, 3.8) is 0 Å². The molecule has 1 N–H and O–H groups in total. The maximum absolute atomic E-state index is 13.1. The van der Waals surface area contributed by atoms with Gasteiger partial charge in [0.25, 0.3) is 0 Å². The molecule has 1 fully saturated rings. The molecule has 1 amide bonds. The fraction of sp³-hybridized carbons (Fsp3) is 0.381. The second-order valence-electron chi connectivity index (χ2n) is 6.66. The number of aryl methyl sites for hydroxylation is 2. The number of ether oxygens (including phenoxy) is 1. The van der Waals surface area contributed by atoms with Crippen LogP contribution in [0.3, 0.4) is 0 Å². The number of methoxy groups -OCH3 is 1. The number of piperazine rings is 1. The van der Waals surface area contributed by atoms with Crippen LogP contribution in [0.4, 0.5) is 0 Å². The van der Waals surface area contributed by atoms with Crippen LogP contribution in [0.25, 0.3) is 0 Å². The second-order valence-corrected chi connectivity index (χ2v) is 6.66. The lowest BCUT2D eigenvalue weighted by atomic mass is 9.99. The highest BCUT2D eigenvalue weighted by molar-refractivity contribution is 5.85. The number of halogens is 1. The zero-order valence-electron chi connectivity index (χ0n) is 15.6. The van der Waals surface area contributed by atoms with E-state index in [0.29, 0.717) is 13.0 Å². The predicted molar refractivity (Wildman–Crippen MR) is 107 cm³/mol. The van der Waals surface area contributed by atoms with E-state index < -0.39 is 0 Å². The largest absolute Gasteiger partial charge is 0.496 e. The van der Waals surface area contributed by atoms with Crippen LogP contribution in [0.5, 0.6) is 5.75 Å². The minimum Gasteiger partial charge on any atom is -0.496 e. The molecule has 0 saturated carbocycles. The molecule has 0 aliphatic carbocycles. The van der Waals surface area contributed by atoms with Crippen molar-refractivity contribution in [3.8, 4) is 5.75 Å². The molecule has 1 atom stereocenters. The Bertz CT molecular complexity index is 763. The minimum absolute atomic E-state index is 0. The van der Waals surface area contributed by atoms with Gasteiger partial charge in [0.15, 0.2) is 0 Å². The molecule has 1 unspecified atom stereocenters. The highest BCUT2D eigenvalue weighted by Gasteiger charge is 2.29. The Hall–Kier alpha value is -2.04. The third kappa shape index (κ3) is 4.37. The quantitative estimate of drug-likeness (QED) is 0.891. The van der Waals surface area contributed by atoms with Crippen LogP contribution in [-0.4, -0.2) is 37.6 Å². The first-order chi connectivity index (χ1) is 12.1. The molecule has 1 saturated heterocycles. The molecule has 3 rings (SSSR count). The Morgan fingerprint density at radius 1 is 1.23 bits per heavy atom. The summed E-state index contributed by atoms with van der Waals surface area (Å²) in [7, 11) is 1.68. The van der Waals surface area contributed by atoms with E-state index in [4.69, 9.17) is 4.74 Å². The van der Waals surface area contributed by atoms with Gasteiger partial charge in [0, 0.05) is 25.2 Å². The normalized spacial score (nSPS) is 16.7. The molecule has 1 aliphatic rings. The molecule has 26 heavy (non-hydrogen) atoms. The number of benzene rings is 2. The number of para-hydroxylation sites is 1. The third-order valence-electron chi connectivity index (χ3n) is 4.91. The molecule has 0 spiro atoms. The monoisotopic (exact) mass is 374 g/mol. The van der Waals surface area contributed by atoms with E-state index in [-0.39, 0.29) is 24.4 Å². The fourth-order valence-electron chi connectivity index (χ4n) is 3.48. The summed E-state index contributed by atoms with van der Waals surface area (Å²) in [6, 6.07) is 14.3. The summed E-state index contributed by atoms with van der Waals surface area (Å²) < 4.78 is 5.51. The number of carbonyl (C=O) groups is 1. The van der Waals surface area contributed by atoms with Crippen LogP contribution in [0.2, 0.25) is 0 Å². The van der Waals surface area contributed by atoms with Gasteiger partial charge in [-0.25, -0.2) is 0 Å². The van der Waals surface area contributed by atoms with Gasteiger partial charge < -0.3 is 15.0 Å². The van der Waals surface area contributed by atoms with Crippen LogP contribution < -0.4 is 10.1 Å². The van der Waals surface area contributed by atoms with Gasteiger partial charge in [-0.3, -0.25) is 4.79 Å². The highest BCUT2D eigenvalue weighted by atomic mass is 35.5. The molecule has 5 heteroatoms. The summed E-state index contributed by atoms with van der Waals surface area (Å²) in [5, 5.41) is 3.40. The van der Waals surface area contributed by atoms with Gasteiger partial charge in [0.2, 0.25) is 5.91 Å². The number of amides is 1. The minimum atomic E-state index is 0. The van der Waals surface area contributed by atoms with Gasteiger partial charge in [0.05, 0.1) is 19.6 Å². The van der Waals surface area contributed by atoms with E-state index in [1.807, 2.05) is 23.1 Å². The molecule has 0 aromatic heterocycles. The molecular formula is C21H27ClN2O2. The van der Waals surface area contributed by atoms with E-state index in [2.05, 4.69) is 43.4 Å². The Morgan fingerprint density at radius 3 is 2.77 bits per heavy atom. The number of rotatable bonds is 4. The van der Waals surface area contributed by atoms with Crippen molar-refractivity contribution >= 4 is 18.3 Å². The van der Waals surface area contributed by atoms with Gasteiger partial charge in [-0.05, 0) is 31.0 Å². The second kappa shape index (κ2) is 9.06. The van der Waals surface area contributed by atoms with Gasteiger partial charge in [-0.15, -0.1) is 12.4 Å². The standard InChI is InChI=1S/C21H26N2O2.ClH/c1-15-8-9-16(2)17(12-15)13-21(24)23-11-10-22-14-19(23)18-6-4-5-7-20(18)25-3;/h4-9,12,19,22H,10-11,13-14H2,1-3H3;1H. The number of nitrogens with one attached hydrogen (secondary N) is 1. The number of nitrogens with zero attached hydrogens (tertiary/aromatic N) is 1. The molecule has 4 nitrogen and oxygen atoms in total. The molecule has 1 aliphatic heterocycles. The zero-order chi connectivity index (χ0) is 17.8. The van der Waals surface area contributed by atoms with Crippen LogP contribution in [0, 0.1) is 13.8 Å². The first kappa shape index (κ1) is 20.3. The number of hydrogen-bond donors (Lipinski definition) is 1. The van der Waals surface area contributed by atoms with Crippen LogP contribution in [0.15, 0.2) is 42.5 Å². The zero-order valence-corrected chi connectivity index (χ0v) is 16.4. The van der Waals surface area contributed by atoms with Crippen molar-refractivity contribution in [3.05, 3.63) is 64.7 Å². The van der Waals surface area contributed by atoms with E-state index in [1.54, 1.807) is 7.11 Å². The smallest absolute Gasteiger partial charge is 0.227 e. The molecule has 140 valence electrons. The maximum atomic E-state index is 13.1. The topological polar surface area (TPSA) is 41.6 Å². The van der Waals surface area contributed by atoms with Crippen molar-refractivity contribution in [2.24, 2.45) is 0 Å². The highest BCUT2D eigenvalue weighted by Crippen LogP contribution is 2.30. The van der Waals surface area contributed by atoms with Crippen LogP contribution in [-0.2, 0) is 11.2 Å². The molecular weight excluding hydrogens is 348 g/mol. The summed E-state index contributed by atoms with van der Waals surface area (Å²) in [5.41, 5.74) is 4.53.